The Morgan fingerprint density at radius 1 is 0.381 bits per heavy atom. The third-order valence-electron chi connectivity index (χ3n) is 9.12. The Morgan fingerprint density at radius 2 is 0.619 bits per heavy atom. The molecule has 0 atom stereocenters. The van der Waals surface area contributed by atoms with Crippen LogP contribution in [-0.2, 0) is 10.8 Å². The van der Waals surface area contributed by atoms with E-state index < -0.39 is 10.8 Å². The molecule has 5 aromatic rings. The molecule has 0 fully saturated rings. The quantitative estimate of drug-likeness (QED) is 0.158. The van der Waals surface area contributed by atoms with Crippen LogP contribution in [0.2, 0.25) is 0 Å². The van der Waals surface area contributed by atoms with Crippen molar-refractivity contribution in [2.75, 3.05) is 0 Å². The molecule has 4 heteroatoms. The zero-order valence-electron chi connectivity index (χ0n) is 25.0. The summed E-state index contributed by atoms with van der Waals surface area (Å²) in [6, 6.07) is 30.7. The maximum Gasteiger partial charge on any atom is 0.122 e. The Balaban J connectivity index is 1.87. The van der Waals surface area contributed by atoms with Crippen molar-refractivity contribution in [3.63, 3.8) is 0 Å². The summed E-state index contributed by atoms with van der Waals surface area (Å²) in [5, 5.41) is 45.5. The molecule has 0 spiro atoms. The molecule has 0 bridgehead atoms. The van der Waals surface area contributed by atoms with Gasteiger partial charge in [-0.05, 0) is 74.9 Å². The monoisotopic (exact) mass is 558 g/mol. The lowest BCUT2D eigenvalue weighted by molar-refractivity contribution is 0.436. The van der Waals surface area contributed by atoms with Crippen molar-refractivity contribution in [2.24, 2.45) is 0 Å². The maximum absolute atomic E-state index is 11.4. The Kier molecular flexibility index (Phi) is 7.28. The molecule has 0 amide bonds. The second-order valence-electron chi connectivity index (χ2n) is 11.7. The van der Waals surface area contributed by atoms with Crippen LogP contribution in [0.4, 0.5) is 0 Å². The molecule has 0 aliphatic heterocycles. The first-order chi connectivity index (χ1) is 19.9. The van der Waals surface area contributed by atoms with E-state index in [1.54, 1.807) is 0 Å². The third kappa shape index (κ3) is 4.39. The van der Waals surface area contributed by atoms with Crippen molar-refractivity contribution in [1.29, 1.82) is 0 Å². The molecule has 0 heterocycles. The minimum atomic E-state index is -0.952. The van der Waals surface area contributed by atoms with Crippen LogP contribution in [0, 0.1) is 27.7 Å². The molecule has 0 unspecified atom stereocenters. The lowest BCUT2D eigenvalue weighted by Gasteiger charge is -2.37. The van der Waals surface area contributed by atoms with Crippen LogP contribution >= 0.6 is 0 Å². The van der Waals surface area contributed by atoms with Gasteiger partial charge in [-0.25, -0.2) is 0 Å². The van der Waals surface area contributed by atoms with Crippen LogP contribution in [0.1, 0.15) is 69.5 Å². The number of hydrogen-bond acceptors (Lipinski definition) is 4. The summed E-state index contributed by atoms with van der Waals surface area (Å²) in [6.45, 7) is 11.5. The number of aryl methyl sites for hydroxylation is 4. The molecule has 4 nitrogen and oxygen atoms in total. The van der Waals surface area contributed by atoms with Crippen LogP contribution in [-0.4, -0.2) is 20.4 Å². The van der Waals surface area contributed by atoms with Gasteiger partial charge in [0.1, 0.15) is 23.0 Å². The minimum absolute atomic E-state index is 0.168. The highest BCUT2D eigenvalue weighted by Crippen LogP contribution is 2.51. The number of hydrogen-bond donors (Lipinski definition) is 4. The standard InChI is InChI=1S/C38H38O4/c1-23-12-7-18-29(33(23)39)37(5,30-19-8-13-24(2)34(30)40)27-16-11-17-28(22-27)38(6,31-20-9-14-25(3)35(31)41)32-21-10-15-26(4)36(32)42/h7-22,39-42H,1-6H3. The summed E-state index contributed by atoms with van der Waals surface area (Å²) in [4.78, 5) is 0. The van der Waals surface area contributed by atoms with E-state index in [9.17, 15) is 20.4 Å². The van der Waals surface area contributed by atoms with Gasteiger partial charge in [0.25, 0.3) is 0 Å². The van der Waals surface area contributed by atoms with E-state index in [1.807, 2.05) is 133 Å². The summed E-state index contributed by atoms with van der Waals surface area (Å²) in [6.07, 6.45) is 0. The largest absolute Gasteiger partial charge is 0.507 e. The highest BCUT2D eigenvalue weighted by atomic mass is 16.3. The average molecular weight is 559 g/mol. The SMILES string of the molecule is Cc1cccc(C(C)(c2cccc(C(C)(c3cccc(C)c3O)c3cccc(C)c3O)c2)c2cccc(C)c2O)c1O. The topological polar surface area (TPSA) is 80.9 Å². The van der Waals surface area contributed by atoms with Crippen molar-refractivity contribution in [2.45, 2.75) is 52.4 Å². The maximum atomic E-state index is 11.4. The van der Waals surface area contributed by atoms with Crippen LogP contribution in [0.15, 0.2) is 97.1 Å². The van der Waals surface area contributed by atoms with E-state index in [2.05, 4.69) is 6.07 Å². The summed E-state index contributed by atoms with van der Waals surface area (Å²) >= 11 is 0. The molecule has 214 valence electrons. The van der Waals surface area contributed by atoms with Gasteiger partial charge in [-0.15, -0.1) is 0 Å². The number of phenols is 4. The molecule has 5 rings (SSSR count). The molecular formula is C38H38O4. The highest BCUT2D eigenvalue weighted by Gasteiger charge is 2.40. The summed E-state index contributed by atoms with van der Waals surface area (Å²) in [5.41, 5.74) is 5.39. The van der Waals surface area contributed by atoms with Crippen molar-refractivity contribution >= 4 is 0 Å². The van der Waals surface area contributed by atoms with E-state index in [-0.39, 0.29) is 23.0 Å². The number of rotatable bonds is 6. The molecule has 5 aromatic carbocycles. The fourth-order valence-corrected chi connectivity index (χ4v) is 6.30. The van der Waals surface area contributed by atoms with Gasteiger partial charge >= 0.3 is 0 Å². The van der Waals surface area contributed by atoms with Gasteiger partial charge in [0, 0.05) is 33.1 Å². The van der Waals surface area contributed by atoms with Crippen LogP contribution in [0.25, 0.3) is 0 Å². The number of aromatic hydroxyl groups is 4. The van der Waals surface area contributed by atoms with E-state index >= 15 is 0 Å². The van der Waals surface area contributed by atoms with Crippen LogP contribution in [0.3, 0.4) is 0 Å². The Labute approximate surface area is 248 Å². The lowest BCUT2D eigenvalue weighted by Crippen LogP contribution is -2.29. The van der Waals surface area contributed by atoms with Gasteiger partial charge in [0.15, 0.2) is 0 Å². The second kappa shape index (κ2) is 10.6. The van der Waals surface area contributed by atoms with Gasteiger partial charge in [0.2, 0.25) is 0 Å². The zero-order valence-corrected chi connectivity index (χ0v) is 25.0. The van der Waals surface area contributed by atoms with E-state index in [0.717, 1.165) is 33.4 Å². The lowest BCUT2D eigenvalue weighted by atomic mass is 9.66. The summed E-state index contributed by atoms with van der Waals surface area (Å²) < 4.78 is 0. The summed E-state index contributed by atoms with van der Waals surface area (Å²) in [7, 11) is 0. The van der Waals surface area contributed by atoms with E-state index in [1.165, 1.54) is 0 Å². The first kappa shape index (κ1) is 28.8. The first-order valence-corrected chi connectivity index (χ1v) is 14.2. The van der Waals surface area contributed by atoms with Gasteiger partial charge in [0.05, 0.1) is 0 Å². The molecule has 0 radical (unpaired) electrons. The van der Waals surface area contributed by atoms with Gasteiger partial charge in [-0.1, -0.05) is 97.1 Å². The molecule has 42 heavy (non-hydrogen) atoms. The van der Waals surface area contributed by atoms with Crippen molar-refractivity contribution in [1.82, 2.24) is 0 Å². The smallest absolute Gasteiger partial charge is 0.122 e. The third-order valence-corrected chi connectivity index (χ3v) is 9.12. The first-order valence-electron chi connectivity index (χ1n) is 14.2. The molecule has 4 N–H and O–H groups in total. The molecule has 0 saturated heterocycles. The molecule has 0 aromatic heterocycles. The van der Waals surface area contributed by atoms with Gasteiger partial charge in [-0.2, -0.15) is 0 Å². The fraction of sp³-hybridized carbons (Fsp3) is 0.211. The Morgan fingerprint density at radius 3 is 0.881 bits per heavy atom. The molecular weight excluding hydrogens is 520 g/mol. The second-order valence-corrected chi connectivity index (χ2v) is 11.7. The Hall–Kier alpha value is -4.70. The minimum Gasteiger partial charge on any atom is -0.507 e. The van der Waals surface area contributed by atoms with Crippen LogP contribution < -0.4 is 0 Å². The molecule has 0 aliphatic carbocycles. The fourth-order valence-electron chi connectivity index (χ4n) is 6.30. The summed E-state index contributed by atoms with van der Waals surface area (Å²) in [5.74, 6) is 0.673. The predicted octanol–water partition coefficient (Wildman–Crippen LogP) is 8.45. The number of benzene rings is 5. The van der Waals surface area contributed by atoms with Gasteiger partial charge in [-0.3, -0.25) is 0 Å². The highest BCUT2D eigenvalue weighted by molar-refractivity contribution is 5.64. The number of para-hydroxylation sites is 4. The van der Waals surface area contributed by atoms with E-state index in [0.29, 0.717) is 22.3 Å². The Bertz CT molecular complexity index is 1570. The van der Waals surface area contributed by atoms with Crippen molar-refractivity contribution < 1.29 is 20.4 Å². The van der Waals surface area contributed by atoms with Crippen LogP contribution in [0.5, 0.6) is 23.0 Å². The molecule has 0 saturated carbocycles. The van der Waals surface area contributed by atoms with Gasteiger partial charge < -0.3 is 20.4 Å². The van der Waals surface area contributed by atoms with Crippen molar-refractivity contribution in [3.05, 3.63) is 153 Å². The zero-order chi connectivity index (χ0) is 30.4. The predicted molar refractivity (Wildman–Crippen MR) is 169 cm³/mol. The van der Waals surface area contributed by atoms with Crippen molar-refractivity contribution in [3.8, 4) is 23.0 Å². The number of phenolic OH excluding ortho intramolecular Hbond substituents is 4. The van der Waals surface area contributed by atoms with E-state index in [4.69, 9.17) is 0 Å². The average Bonchev–Trinajstić information content (AvgIpc) is 2.98. The normalized spacial score (nSPS) is 12.0. The molecule has 0 aliphatic rings.